The molecular formula is C7H15N2O. The maximum absolute atomic E-state index is 10.6. The molecule has 0 fully saturated rings. The number of nitrogens with two attached hydrogens (primary N) is 2. The lowest BCUT2D eigenvalue weighted by atomic mass is 9.96. The maximum Gasteiger partial charge on any atom is 0.237 e. The highest BCUT2D eigenvalue weighted by Gasteiger charge is 2.24. The largest absolute Gasteiger partial charge is 0.368 e. The van der Waals surface area contributed by atoms with Crippen LogP contribution in [0.2, 0.25) is 0 Å². The second-order valence-corrected chi connectivity index (χ2v) is 2.62. The summed E-state index contributed by atoms with van der Waals surface area (Å²) in [5, 5.41) is 0. The van der Waals surface area contributed by atoms with Gasteiger partial charge >= 0.3 is 0 Å². The minimum atomic E-state index is -1.06. The molecule has 0 aliphatic carbocycles. The van der Waals surface area contributed by atoms with Gasteiger partial charge in [0.15, 0.2) is 0 Å². The predicted molar refractivity (Wildman–Crippen MR) is 41.0 cm³/mol. The van der Waals surface area contributed by atoms with Gasteiger partial charge in [0, 0.05) is 0 Å². The second kappa shape index (κ2) is 3.56. The van der Waals surface area contributed by atoms with Crippen molar-refractivity contribution in [3.8, 4) is 0 Å². The molecule has 10 heavy (non-hydrogen) atoms. The Morgan fingerprint density at radius 3 is 2.50 bits per heavy atom. The third-order valence-corrected chi connectivity index (χ3v) is 1.47. The molecule has 1 amide bonds. The average Bonchev–Trinajstić information content (AvgIpc) is 1.84. The van der Waals surface area contributed by atoms with E-state index in [9.17, 15) is 4.79 Å². The normalized spacial score (nSPS) is 16.3. The molecule has 1 atom stereocenters. The van der Waals surface area contributed by atoms with Crippen molar-refractivity contribution < 1.29 is 4.79 Å². The molecule has 4 N–H and O–H groups in total. The molecule has 59 valence electrons. The lowest BCUT2D eigenvalue weighted by molar-refractivity contribution is -0.121. The average molecular weight is 143 g/mol. The molecule has 0 bridgehead atoms. The molecular weight excluding hydrogens is 128 g/mol. The first-order valence-electron chi connectivity index (χ1n) is 3.45. The van der Waals surface area contributed by atoms with Gasteiger partial charge in [0.2, 0.25) is 5.91 Å². The van der Waals surface area contributed by atoms with Crippen LogP contribution < -0.4 is 11.5 Å². The summed E-state index contributed by atoms with van der Waals surface area (Å²) in [7, 11) is 0. The lowest BCUT2D eigenvalue weighted by Gasteiger charge is -2.18. The zero-order valence-electron chi connectivity index (χ0n) is 6.39. The Hall–Kier alpha value is -0.570. The van der Waals surface area contributed by atoms with Crippen LogP contribution in [-0.4, -0.2) is 11.4 Å². The Balaban J connectivity index is 3.75. The first-order chi connectivity index (χ1) is 4.50. The monoisotopic (exact) mass is 143 g/mol. The summed E-state index contributed by atoms with van der Waals surface area (Å²) in [5.74, 6) is -0.527. The Morgan fingerprint density at radius 1 is 1.70 bits per heavy atom. The fraction of sp³-hybridized carbons (Fsp3) is 0.714. The van der Waals surface area contributed by atoms with Gasteiger partial charge in [0.1, 0.15) is 0 Å². The smallest absolute Gasteiger partial charge is 0.237 e. The quantitative estimate of drug-likeness (QED) is 0.590. The lowest BCUT2D eigenvalue weighted by Crippen LogP contribution is -2.49. The van der Waals surface area contributed by atoms with Gasteiger partial charge in [0.05, 0.1) is 5.54 Å². The first kappa shape index (κ1) is 9.43. The van der Waals surface area contributed by atoms with E-state index in [4.69, 9.17) is 11.5 Å². The van der Waals surface area contributed by atoms with Crippen LogP contribution in [0.5, 0.6) is 0 Å². The van der Waals surface area contributed by atoms with Crippen LogP contribution in [0.4, 0.5) is 0 Å². The van der Waals surface area contributed by atoms with E-state index in [2.05, 4.69) is 6.92 Å². The molecule has 1 radical (unpaired) electrons. The highest BCUT2D eigenvalue weighted by atomic mass is 16.1. The Bertz CT molecular complexity index is 121. The molecule has 3 nitrogen and oxygen atoms in total. The van der Waals surface area contributed by atoms with Crippen LogP contribution in [0, 0.1) is 6.92 Å². The van der Waals surface area contributed by atoms with Crippen LogP contribution in [0.3, 0.4) is 0 Å². The molecule has 0 saturated heterocycles. The van der Waals surface area contributed by atoms with Crippen LogP contribution >= 0.6 is 0 Å². The number of unbranched alkanes of at least 4 members (excludes halogenated alkanes) is 1. The third kappa shape index (κ3) is 2.82. The van der Waals surface area contributed by atoms with Crippen molar-refractivity contribution in [2.75, 3.05) is 0 Å². The summed E-state index contributed by atoms with van der Waals surface area (Å²) < 4.78 is 0. The van der Waals surface area contributed by atoms with Gasteiger partial charge in [-0.1, -0.05) is 19.8 Å². The van der Waals surface area contributed by atoms with Gasteiger partial charge < -0.3 is 11.5 Å². The molecule has 3 heteroatoms. The Kier molecular flexibility index (Phi) is 3.36. The second-order valence-electron chi connectivity index (χ2n) is 2.62. The van der Waals surface area contributed by atoms with Crippen LogP contribution in [-0.2, 0) is 4.79 Å². The number of rotatable bonds is 4. The first-order valence-corrected chi connectivity index (χ1v) is 3.45. The maximum atomic E-state index is 10.6. The van der Waals surface area contributed by atoms with Crippen LogP contribution in [0.25, 0.3) is 0 Å². The predicted octanol–water partition coefficient (Wildman–Crippen LogP) is 0.193. The number of primary amides is 1. The summed E-state index contributed by atoms with van der Waals surface area (Å²) in [6.45, 7) is 5.54. The van der Waals surface area contributed by atoms with Gasteiger partial charge in [-0.25, -0.2) is 0 Å². The number of amides is 1. The van der Waals surface area contributed by atoms with Gasteiger partial charge in [-0.15, -0.1) is 0 Å². The summed E-state index contributed by atoms with van der Waals surface area (Å²) in [4.78, 5) is 10.6. The van der Waals surface area contributed by atoms with Crippen molar-refractivity contribution in [3.63, 3.8) is 0 Å². The van der Waals surface area contributed by atoms with Gasteiger partial charge in [0.25, 0.3) is 0 Å². The Labute approximate surface area is 61.8 Å². The van der Waals surface area contributed by atoms with Gasteiger partial charge in [-0.3, -0.25) is 4.79 Å². The number of carbonyl (C=O) groups excluding carboxylic acids is 1. The SMILES string of the molecule is [CH2]C(N)(CCCC)C(N)=O. The van der Waals surface area contributed by atoms with E-state index in [0.29, 0.717) is 6.42 Å². The fourth-order valence-electron chi connectivity index (χ4n) is 0.615. The van der Waals surface area contributed by atoms with E-state index in [1.54, 1.807) is 0 Å². The standard InChI is InChI=1S/C7H15N2O/c1-3-4-5-7(2,9)6(8)10/h2-5,9H2,1H3,(H2,8,10). The number of hydrogen-bond acceptors (Lipinski definition) is 2. The van der Waals surface area contributed by atoms with E-state index in [1.807, 2.05) is 6.92 Å². The van der Waals surface area contributed by atoms with Crippen LogP contribution in [0.15, 0.2) is 0 Å². The highest BCUT2D eigenvalue weighted by Crippen LogP contribution is 2.08. The van der Waals surface area contributed by atoms with Crippen molar-refractivity contribution >= 4 is 5.91 Å². The Morgan fingerprint density at radius 2 is 2.20 bits per heavy atom. The van der Waals surface area contributed by atoms with Crippen LogP contribution in [0.1, 0.15) is 26.2 Å². The van der Waals surface area contributed by atoms with E-state index in [-0.39, 0.29) is 0 Å². The number of hydrogen-bond donors (Lipinski definition) is 2. The molecule has 0 aromatic carbocycles. The summed E-state index contributed by atoms with van der Waals surface area (Å²) in [6.07, 6.45) is 2.46. The number of carbonyl (C=O) groups is 1. The zero-order chi connectivity index (χ0) is 8.20. The molecule has 0 aromatic rings. The van der Waals surface area contributed by atoms with Gasteiger partial charge in [-0.2, -0.15) is 0 Å². The molecule has 0 spiro atoms. The minimum Gasteiger partial charge on any atom is -0.368 e. The molecule has 0 heterocycles. The van der Waals surface area contributed by atoms with Crippen molar-refractivity contribution in [1.29, 1.82) is 0 Å². The van der Waals surface area contributed by atoms with E-state index in [1.165, 1.54) is 0 Å². The molecule has 0 aliphatic rings. The molecule has 0 aliphatic heterocycles. The minimum absolute atomic E-state index is 0.527. The van der Waals surface area contributed by atoms with Gasteiger partial charge in [-0.05, 0) is 13.3 Å². The molecule has 0 rings (SSSR count). The van der Waals surface area contributed by atoms with E-state index < -0.39 is 11.4 Å². The third-order valence-electron chi connectivity index (χ3n) is 1.47. The molecule has 0 aromatic heterocycles. The van der Waals surface area contributed by atoms with E-state index >= 15 is 0 Å². The fourth-order valence-corrected chi connectivity index (χ4v) is 0.615. The van der Waals surface area contributed by atoms with Crippen molar-refractivity contribution in [1.82, 2.24) is 0 Å². The highest BCUT2D eigenvalue weighted by molar-refractivity contribution is 5.85. The molecule has 1 unspecified atom stereocenters. The summed E-state index contributed by atoms with van der Waals surface area (Å²) in [6, 6.07) is 0. The zero-order valence-corrected chi connectivity index (χ0v) is 6.39. The van der Waals surface area contributed by atoms with Crippen molar-refractivity contribution in [2.45, 2.75) is 31.7 Å². The van der Waals surface area contributed by atoms with Crippen molar-refractivity contribution in [2.24, 2.45) is 11.5 Å². The summed E-state index contributed by atoms with van der Waals surface area (Å²) in [5.41, 5.74) is 9.39. The molecule has 0 saturated carbocycles. The van der Waals surface area contributed by atoms with Crippen molar-refractivity contribution in [3.05, 3.63) is 6.92 Å². The topological polar surface area (TPSA) is 69.1 Å². The van der Waals surface area contributed by atoms with E-state index in [0.717, 1.165) is 12.8 Å². The summed E-state index contributed by atoms with van der Waals surface area (Å²) >= 11 is 0.